The Morgan fingerprint density at radius 3 is 2.68 bits per heavy atom. The molecule has 10 heteroatoms. The highest BCUT2D eigenvalue weighted by Gasteiger charge is 2.14. The van der Waals surface area contributed by atoms with Crippen LogP contribution in [0, 0.1) is 0 Å². The molecule has 2 heterocycles. The van der Waals surface area contributed by atoms with E-state index in [1.54, 1.807) is 42.3 Å². The summed E-state index contributed by atoms with van der Waals surface area (Å²) in [5, 5.41) is 4.26. The molecule has 150 valence electrons. The molecule has 0 spiro atoms. The number of thiazole rings is 1. The Balaban J connectivity index is 2.11. The van der Waals surface area contributed by atoms with E-state index in [9.17, 15) is 13.2 Å². The molecule has 0 atom stereocenters. The Bertz CT molecular complexity index is 1190. The van der Waals surface area contributed by atoms with Gasteiger partial charge in [0.25, 0.3) is 5.91 Å². The van der Waals surface area contributed by atoms with Crippen molar-refractivity contribution in [3.8, 4) is 0 Å². The second-order valence-electron chi connectivity index (χ2n) is 6.62. The number of nitrogens with zero attached hydrogens (tertiary/aromatic N) is 4. The summed E-state index contributed by atoms with van der Waals surface area (Å²) in [6.07, 6.45) is 2.91. The summed E-state index contributed by atoms with van der Waals surface area (Å²) in [7, 11) is -1.73. The van der Waals surface area contributed by atoms with Gasteiger partial charge in [-0.15, -0.1) is 0 Å². The normalized spacial score (nSPS) is 13.0. The molecular weight excluding hydrogens is 400 g/mol. The van der Waals surface area contributed by atoms with Crippen molar-refractivity contribution < 1.29 is 17.9 Å². The summed E-state index contributed by atoms with van der Waals surface area (Å²) >= 11 is 1.26. The molecule has 3 rings (SSSR count). The van der Waals surface area contributed by atoms with Gasteiger partial charge in [0.1, 0.15) is 0 Å². The average Bonchev–Trinajstić information content (AvgIpc) is 3.24. The van der Waals surface area contributed by atoms with Gasteiger partial charge in [-0.05, 0) is 38.1 Å². The minimum Gasteiger partial charge on any atom is -0.383 e. The molecule has 28 heavy (non-hydrogen) atoms. The summed E-state index contributed by atoms with van der Waals surface area (Å²) in [4.78, 5) is 17.6. The number of ether oxygens (including phenoxy) is 1. The largest absolute Gasteiger partial charge is 0.383 e. The number of methoxy groups -OCH3 is 1. The molecule has 3 aromatic rings. The van der Waals surface area contributed by atoms with Crippen molar-refractivity contribution in [2.75, 3.05) is 20.0 Å². The monoisotopic (exact) mass is 422 g/mol. The number of amides is 1. The van der Waals surface area contributed by atoms with Crippen molar-refractivity contribution in [1.82, 2.24) is 14.3 Å². The van der Waals surface area contributed by atoms with E-state index in [4.69, 9.17) is 4.74 Å². The number of aromatic nitrogens is 3. The van der Waals surface area contributed by atoms with E-state index in [-0.39, 0.29) is 16.6 Å². The van der Waals surface area contributed by atoms with E-state index in [1.165, 1.54) is 17.6 Å². The van der Waals surface area contributed by atoms with Gasteiger partial charge in [-0.1, -0.05) is 11.3 Å². The van der Waals surface area contributed by atoms with E-state index >= 15 is 0 Å². The van der Waals surface area contributed by atoms with Crippen LogP contribution in [0.5, 0.6) is 0 Å². The number of sulfone groups is 1. The Labute approximate surface area is 167 Å². The van der Waals surface area contributed by atoms with Crippen LogP contribution in [0.1, 0.15) is 30.4 Å². The van der Waals surface area contributed by atoms with Crippen LogP contribution in [0.3, 0.4) is 0 Å². The minimum atomic E-state index is -3.32. The van der Waals surface area contributed by atoms with Gasteiger partial charge in [0.2, 0.25) is 0 Å². The predicted octanol–water partition coefficient (Wildman–Crippen LogP) is 2.27. The summed E-state index contributed by atoms with van der Waals surface area (Å²) in [5.41, 5.74) is 1.06. The SMILES string of the molecule is COCCn1c(=NC(=O)c2ccn(C(C)C)n2)sc2cc(S(C)(=O)=O)ccc21. The van der Waals surface area contributed by atoms with Crippen LogP contribution >= 0.6 is 11.3 Å². The van der Waals surface area contributed by atoms with Crippen molar-refractivity contribution in [3.63, 3.8) is 0 Å². The molecule has 0 aliphatic heterocycles. The summed E-state index contributed by atoms with van der Waals surface area (Å²) in [5.74, 6) is -0.444. The first kappa shape index (κ1) is 20.4. The lowest BCUT2D eigenvalue weighted by atomic mass is 10.3. The third-order valence-electron chi connectivity index (χ3n) is 4.16. The highest BCUT2D eigenvalue weighted by Crippen LogP contribution is 2.22. The second kappa shape index (κ2) is 7.98. The number of hydrogen-bond acceptors (Lipinski definition) is 6. The van der Waals surface area contributed by atoms with Gasteiger partial charge in [0.15, 0.2) is 20.3 Å². The molecule has 0 radical (unpaired) electrons. The lowest BCUT2D eigenvalue weighted by Gasteiger charge is -2.05. The smallest absolute Gasteiger partial charge is 0.300 e. The Morgan fingerprint density at radius 1 is 1.32 bits per heavy atom. The van der Waals surface area contributed by atoms with Gasteiger partial charge >= 0.3 is 0 Å². The first-order chi connectivity index (χ1) is 13.2. The fourth-order valence-corrected chi connectivity index (χ4v) is 4.47. The number of hydrogen-bond donors (Lipinski definition) is 0. The molecule has 0 N–H and O–H groups in total. The number of carbonyl (C=O) groups excluding carboxylic acids is 1. The molecule has 0 aliphatic rings. The van der Waals surface area contributed by atoms with Crippen molar-refractivity contribution in [2.45, 2.75) is 31.3 Å². The van der Waals surface area contributed by atoms with Gasteiger partial charge in [0.05, 0.1) is 21.7 Å². The van der Waals surface area contributed by atoms with E-state index in [0.29, 0.717) is 18.0 Å². The quantitative estimate of drug-likeness (QED) is 0.607. The van der Waals surface area contributed by atoms with E-state index in [0.717, 1.165) is 10.2 Å². The van der Waals surface area contributed by atoms with E-state index < -0.39 is 15.7 Å². The molecule has 2 aromatic heterocycles. The zero-order valence-corrected chi connectivity index (χ0v) is 17.7. The van der Waals surface area contributed by atoms with Gasteiger partial charge in [-0.3, -0.25) is 9.48 Å². The fraction of sp³-hybridized carbons (Fsp3) is 0.389. The molecular formula is C18H22N4O4S2. The van der Waals surface area contributed by atoms with Crippen LogP contribution in [-0.2, 0) is 21.1 Å². The molecule has 0 bridgehead atoms. The number of benzene rings is 1. The Hall–Kier alpha value is -2.30. The van der Waals surface area contributed by atoms with Crippen molar-refractivity contribution >= 4 is 37.3 Å². The van der Waals surface area contributed by atoms with Crippen LogP contribution in [0.15, 0.2) is 40.4 Å². The molecule has 0 unspecified atom stereocenters. The molecule has 0 saturated carbocycles. The summed E-state index contributed by atoms with van der Waals surface area (Å²) in [6.45, 7) is 4.87. The Morgan fingerprint density at radius 2 is 2.07 bits per heavy atom. The van der Waals surface area contributed by atoms with E-state index in [1.807, 2.05) is 18.4 Å². The third kappa shape index (κ3) is 4.23. The van der Waals surface area contributed by atoms with Crippen molar-refractivity contribution in [2.24, 2.45) is 4.99 Å². The highest BCUT2D eigenvalue weighted by molar-refractivity contribution is 7.90. The van der Waals surface area contributed by atoms with Crippen LogP contribution < -0.4 is 4.80 Å². The highest BCUT2D eigenvalue weighted by atomic mass is 32.2. The molecule has 0 aliphatic carbocycles. The lowest BCUT2D eigenvalue weighted by molar-refractivity contribution is 0.0991. The lowest BCUT2D eigenvalue weighted by Crippen LogP contribution is -2.19. The number of fused-ring (bicyclic) bond motifs is 1. The fourth-order valence-electron chi connectivity index (χ4n) is 2.65. The maximum absolute atomic E-state index is 12.6. The van der Waals surface area contributed by atoms with Crippen LogP contribution in [0.25, 0.3) is 10.2 Å². The second-order valence-corrected chi connectivity index (χ2v) is 9.65. The first-order valence-corrected chi connectivity index (χ1v) is 11.4. The van der Waals surface area contributed by atoms with Crippen LogP contribution in [-0.4, -0.2) is 48.6 Å². The van der Waals surface area contributed by atoms with Crippen molar-refractivity contribution in [1.29, 1.82) is 0 Å². The number of rotatable bonds is 6. The topological polar surface area (TPSA) is 95.6 Å². The van der Waals surface area contributed by atoms with Gasteiger partial charge in [-0.25, -0.2) is 8.42 Å². The van der Waals surface area contributed by atoms with E-state index in [2.05, 4.69) is 10.1 Å². The zero-order valence-electron chi connectivity index (χ0n) is 16.1. The molecule has 8 nitrogen and oxygen atoms in total. The summed E-state index contributed by atoms with van der Waals surface area (Å²) in [6, 6.07) is 6.68. The first-order valence-electron chi connectivity index (χ1n) is 8.67. The van der Waals surface area contributed by atoms with Crippen LogP contribution in [0.4, 0.5) is 0 Å². The zero-order chi connectivity index (χ0) is 20.5. The van der Waals surface area contributed by atoms with Crippen molar-refractivity contribution in [3.05, 3.63) is 41.0 Å². The maximum Gasteiger partial charge on any atom is 0.300 e. The molecule has 1 amide bonds. The van der Waals surface area contributed by atoms with Crippen LogP contribution in [0.2, 0.25) is 0 Å². The molecule has 0 saturated heterocycles. The molecule has 1 aromatic carbocycles. The van der Waals surface area contributed by atoms with Gasteiger partial charge < -0.3 is 9.30 Å². The number of carbonyl (C=O) groups is 1. The standard InChI is InChI=1S/C18H22N4O4S2/c1-12(2)22-8-7-14(20-22)17(23)19-18-21(9-10-26-3)15-6-5-13(28(4,24)25)11-16(15)27-18/h5-8,11-12H,9-10H2,1-4H3. The minimum absolute atomic E-state index is 0.145. The third-order valence-corrected chi connectivity index (χ3v) is 6.31. The molecule has 0 fully saturated rings. The predicted molar refractivity (Wildman–Crippen MR) is 107 cm³/mol. The van der Waals surface area contributed by atoms with Gasteiger partial charge in [0, 0.05) is 32.1 Å². The average molecular weight is 423 g/mol. The summed E-state index contributed by atoms with van der Waals surface area (Å²) < 4.78 is 33.2. The van der Waals surface area contributed by atoms with Gasteiger partial charge in [-0.2, -0.15) is 10.1 Å². The maximum atomic E-state index is 12.6. The Kier molecular flexibility index (Phi) is 5.82.